The number of amides is 1. The maximum atomic E-state index is 12.5. The molecule has 138 valence electrons. The maximum absolute atomic E-state index is 12.5. The van der Waals surface area contributed by atoms with Gasteiger partial charge in [0.1, 0.15) is 11.8 Å². The Labute approximate surface area is 145 Å². The molecule has 0 heterocycles. The van der Waals surface area contributed by atoms with Gasteiger partial charge in [-0.1, -0.05) is 11.8 Å². The van der Waals surface area contributed by atoms with E-state index in [4.69, 9.17) is 5.11 Å². The summed E-state index contributed by atoms with van der Waals surface area (Å²) in [5.74, 6) is -2.28. The van der Waals surface area contributed by atoms with Crippen LogP contribution in [-0.4, -0.2) is 39.0 Å². The molecule has 0 unspecified atom stereocenters. The Balaban J connectivity index is 2.57. The summed E-state index contributed by atoms with van der Waals surface area (Å²) in [6.45, 7) is 1.18. The van der Waals surface area contributed by atoms with Crippen molar-refractivity contribution in [1.29, 1.82) is 0 Å². The Morgan fingerprint density at radius 1 is 1.28 bits per heavy atom. The number of carbonyl (C=O) groups is 3. The predicted octanol–water partition coefficient (Wildman–Crippen LogP) is 2.65. The van der Waals surface area contributed by atoms with Gasteiger partial charge in [0.2, 0.25) is 11.0 Å². The molecule has 0 fully saturated rings. The van der Waals surface area contributed by atoms with E-state index in [1.165, 1.54) is 6.92 Å². The summed E-state index contributed by atoms with van der Waals surface area (Å²) in [6, 6.07) is 0.994. The molecule has 1 aromatic carbocycles. The van der Waals surface area contributed by atoms with Gasteiger partial charge in [0.15, 0.2) is 0 Å². The second kappa shape index (κ2) is 8.75. The molecule has 1 atom stereocenters. The Kier molecular flexibility index (Phi) is 7.28. The third kappa shape index (κ3) is 6.65. The zero-order chi connectivity index (χ0) is 19.2. The molecule has 0 saturated heterocycles. The van der Waals surface area contributed by atoms with Gasteiger partial charge in [-0.25, -0.2) is 4.79 Å². The number of benzene rings is 1. The summed E-state index contributed by atoms with van der Waals surface area (Å²) in [5.41, 5.74) is -1.32. The molecule has 25 heavy (non-hydrogen) atoms. The van der Waals surface area contributed by atoms with E-state index in [-0.39, 0.29) is 24.2 Å². The monoisotopic (exact) mass is 379 g/mol. The standard InChI is InChI=1S/C15H16F3NO5S/c1-8(20)19-11(13(22)23)3-2-6-25-14(24)10-5-4-9(7-12(10)21)15(16,17)18/h4-5,7,11,21H,2-3,6H2,1H3,(H,19,20)(H,22,23)/t11-/m1/s1. The summed E-state index contributed by atoms with van der Waals surface area (Å²) >= 11 is 0.744. The largest absolute Gasteiger partial charge is 0.507 e. The van der Waals surface area contributed by atoms with E-state index in [2.05, 4.69) is 5.32 Å². The van der Waals surface area contributed by atoms with Crippen molar-refractivity contribution in [3.63, 3.8) is 0 Å². The third-order valence-corrected chi connectivity index (χ3v) is 4.07. The van der Waals surface area contributed by atoms with Crippen LogP contribution in [-0.2, 0) is 15.8 Å². The lowest BCUT2D eigenvalue weighted by Gasteiger charge is -2.12. The minimum absolute atomic E-state index is 0.0915. The SMILES string of the molecule is CC(=O)N[C@H](CCCSC(=O)c1ccc(C(F)(F)F)cc1O)C(=O)O. The van der Waals surface area contributed by atoms with Crippen LogP contribution in [0.15, 0.2) is 18.2 Å². The molecule has 0 radical (unpaired) electrons. The Bertz CT molecular complexity index is 663. The molecule has 1 rings (SSSR count). The van der Waals surface area contributed by atoms with Crippen molar-refractivity contribution < 1.29 is 37.8 Å². The minimum atomic E-state index is -4.62. The van der Waals surface area contributed by atoms with Gasteiger partial charge in [-0.05, 0) is 31.0 Å². The van der Waals surface area contributed by atoms with E-state index in [1.54, 1.807) is 0 Å². The molecule has 3 N–H and O–H groups in total. The number of carboxylic acids is 1. The number of aliphatic carboxylic acids is 1. The van der Waals surface area contributed by atoms with Crippen LogP contribution in [0.2, 0.25) is 0 Å². The van der Waals surface area contributed by atoms with E-state index in [1.807, 2.05) is 0 Å². The van der Waals surface area contributed by atoms with Crippen LogP contribution in [0.1, 0.15) is 35.7 Å². The van der Waals surface area contributed by atoms with E-state index in [0.717, 1.165) is 17.8 Å². The number of halogens is 3. The molecule has 1 amide bonds. The fraction of sp³-hybridized carbons (Fsp3) is 0.400. The Hall–Kier alpha value is -2.23. The lowest BCUT2D eigenvalue weighted by Crippen LogP contribution is -2.39. The van der Waals surface area contributed by atoms with Crippen LogP contribution in [0, 0.1) is 0 Å². The van der Waals surface area contributed by atoms with Gasteiger partial charge in [0.05, 0.1) is 11.1 Å². The Morgan fingerprint density at radius 3 is 2.40 bits per heavy atom. The highest BCUT2D eigenvalue weighted by molar-refractivity contribution is 8.14. The zero-order valence-electron chi connectivity index (χ0n) is 13.1. The van der Waals surface area contributed by atoms with Crippen molar-refractivity contribution in [2.24, 2.45) is 0 Å². The van der Waals surface area contributed by atoms with Gasteiger partial charge in [-0.3, -0.25) is 9.59 Å². The molecule has 0 saturated carbocycles. The second-order valence-corrected chi connectivity index (χ2v) is 6.17. The average Bonchev–Trinajstić information content (AvgIpc) is 2.48. The average molecular weight is 379 g/mol. The van der Waals surface area contributed by atoms with Crippen LogP contribution in [0.5, 0.6) is 5.75 Å². The van der Waals surface area contributed by atoms with Gasteiger partial charge >= 0.3 is 12.1 Å². The molecule has 1 aromatic rings. The number of aromatic hydroxyl groups is 1. The first-order chi connectivity index (χ1) is 11.5. The molecule has 0 spiro atoms. The van der Waals surface area contributed by atoms with Crippen molar-refractivity contribution in [3.05, 3.63) is 29.3 Å². The molecule has 0 aliphatic carbocycles. The van der Waals surface area contributed by atoms with E-state index in [9.17, 15) is 32.7 Å². The second-order valence-electron chi connectivity index (χ2n) is 5.10. The van der Waals surface area contributed by atoms with Crippen molar-refractivity contribution in [2.45, 2.75) is 32.0 Å². The van der Waals surface area contributed by atoms with E-state index in [0.29, 0.717) is 12.1 Å². The summed E-state index contributed by atoms with van der Waals surface area (Å²) in [7, 11) is 0. The fourth-order valence-electron chi connectivity index (χ4n) is 1.91. The van der Waals surface area contributed by atoms with Gasteiger partial charge in [0.25, 0.3) is 0 Å². The van der Waals surface area contributed by atoms with E-state index < -0.39 is 40.5 Å². The van der Waals surface area contributed by atoms with Crippen molar-refractivity contribution in [1.82, 2.24) is 5.32 Å². The van der Waals surface area contributed by atoms with Crippen LogP contribution >= 0.6 is 11.8 Å². The number of phenols is 1. The van der Waals surface area contributed by atoms with Gasteiger partial charge in [-0.2, -0.15) is 13.2 Å². The molecule has 0 aromatic heterocycles. The number of carboxylic acid groups (broad SMARTS) is 1. The van der Waals surface area contributed by atoms with Crippen molar-refractivity contribution in [2.75, 3.05) is 5.75 Å². The van der Waals surface area contributed by atoms with Gasteiger partial charge in [0, 0.05) is 12.7 Å². The van der Waals surface area contributed by atoms with Crippen molar-refractivity contribution in [3.8, 4) is 5.75 Å². The first-order valence-electron chi connectivity index (χ1n) is 7.09. The number of hydrogen-bond donors (Lipinski definition) is 3. The summed E-state index contributed by atoms with van der Waals surface area (Å²) in [5, 5.41) is 20.1. The molecule has 0 aliphatic heterocycles. The van der Waals surface area contributed by atoms with Gasteiger partial charge in [-0.15, -0.1) is 0 Å². The molecule has 6 nitrogen and oxygen atoms in total. The van der Waals surface area contributed by atoms with Crippen molar-refractivity contribution >= 4 is 28.8 Å². The van der Waals surface area contributed by atoms with Gasteiger partial charge < -0.3 is 15.5 Å². The number of alkyl halides is 3. The third-order valence-electron chi connectivity index (χ3n) is 3.09. The van der Waals surface area contributed by atoms with Crippen LogP contribution in [0.4, 0.5) is 13.2 Å². The van der Waals surface area contributed by atoms with E-state index >= 15 is 0 Å². The van der Waals surface area contributed by atoms with Crippen LogP contribution < -0.4 is 5.32 Å². The highest BCUT2D eigenvalue weighted by Crippen LogP contribution is 2.33. The number of carbonyl (C=O) groups excluding carboxylic acids is 2. The number of thioether (sulfide) groups is 1. The summed E-state index contributed by atoms with van der Waals surface area (Å²) < 4.78 is 37.5. The highest BCUT2D eigenvalue weighted by Gasteiger charge is 2.31. The number of hydrogen-bond acceptors (Lipinski definition) is 5. The Morgan fingerprint density at radius 2 is 1.92 bits per heavy atom. The lowest BCUT2D eigenvalue weighted by atomic mass is 10.1. The van der Waals surface area contributed by atoms with Crippen LogP contribution in [0.25, 0.3) is 0 Å². The quantitative estimate of drug-likeness (QED) is 0.630. The first-order valence-corrected chi connectivity index (χ1v) is 8.08. The minimum Gasteiger partial charge on any atom is -0.507 e. The lowest BCUT2D eigenvalue weighted by molar-refractivity contribution is -0.141. The van der Waals surface area contributed by atoms with Crippen LogP contribution in [0.3, 0.4) is 0 Å². The predicted molar refractivity (Wildman–Crippen MR) is 84.4 cm³/mol. The zero-order valence-corrected chi connectivity index (χ0v) is 13.9. The fourth-order valence-corrected chi connectivity index (χ4v) is 2.74. The number of nitrogens with one attached hydrogen (secondary N) is 1. The molecular weight excluding hydrogens is 363 g/mol. The normalized spacial score (nSPS) is 12.5. The summed E-state index contributed by atoms with van der Waals surface area (Å²) in [4.78, 5) is 33.7. The molecular formula is C15H16F3NO5S. The summed E-state index contributed by atoms with van der Waals surface area (Å²) in [6.07, 6.45) is -4.26. The highest BCUT2D eigenvalue weighted by atomic mass is 32.2. The number of rotatable bonds is 7. The molecule has 0 aliphatic rings. The molecule has 10 heteroatoms. The smallest absolute Gasteiger partial charge is 0.416 e. The first kappa shape index (κ1) is 20.8. The maximum Gasteiger partial charge on any atom is 0.416 e. The molecule has 0 bridgehead atoms. The topological polar surface area (TPSA) is 104 Å². The number of phenolic OH excluding ortho intramolecular Hbond substituents is 1.